The molecule has 3 aromatic heterocycles. The van der Waals surface area contributed by atoms with Gasteiger partial charge in [0, 0.05) is 43.2 Å². The van der Waals surface area contributed by atoms with Gasteiger partial charge >= 0.3 is 0 Å². The lowest BCUT2D eigenvalue weighted by Gasteiger charge is -2.14. The van der Waals surface area contributed by atoms with E-state index in [2.05, 4.69) is 161 Å². The predicted octanol–water partition coefficient (Wildman–Crippen LogP) is 12.9. The summed E-state index contributed by atoms with van der Waals surface area (Å²) < 4.78 is 6.90. The zero-order chi connectivity index (χ0) is 36.3. The molecule has 8 aromatic carbocycles. The molecule has 0 amide bonds. The number of aromatic nitrogens is 5. The van der Waals surface area contributed by atoms with E-state index in [9.17, 15) is 0 Å². The molecule has 0 unspecified atom stereocenters. The van der Waals surface area contributed by atoms with E-state index in [0.717, 1.165) is 59.1 Å². The van der Waals surface area contributed by atoms with Crippen molar-refractivity contribution in [3.05, 3.63) is 188 Å². The van der Waals surface area contributed by atoms with E-state index in [-0.39, 0.29) is 0 Å². The molecular weight excluding hydrogens is 691 g/mol. The van der Waals surface area contributed by atoms with Crippen LogP contribution in [0.5, 0.6) is 0 Å². The lowest BCUT2D eigenvalue weighted by atomic mass is 10.0. The Balaban J connectivity index is 1.36. The Labute approximate surface area is 320 Å². The second-order valence-electron chi connectivity index (χ2n) is 13.7. The van der Waals surface area contributed by atoms with Gasteiger partial charge < -0.3 is 4.57 Å². The van der Waals surface area contributed by atoms with Gasteiger partial charge in [-0.15, -0.1) is 11.3 Å². The number of para-hydroxylation sites is 3. The quantitative estimate of drug-likeness (QED) is 0.182. The van der Waals surface area contributed by atoms with Crippen LogP contribution in [0.25, 0.3) is 98.2 Å². The second-order valence-corrected chi connectivity index (χ2v) is 14.8. The van der Waals surface area contributed by atoms with Crippen molar-refractivity contribution in [2.24, 2.45) is 0 Å². The third-order valence-electron chi connectivity index (χ3n) is 10.4. The van der Waals surface area contributed by atoms with Crippen molar-refractivity contribution in [1.82, 2.24) is 24.1 Å². The standard InChI is InChI=1S/C49H31N5S/c1-4-15-33(16-5-1)47-50-48(34-17-6-2-7-18-34)52-49(51-47)54-44-26-13-11-23-40(44)42-29-36-30-45(46(42)54)55-37-28-27-32-19-14-24-38(41(32)31-37)39-22-10-12-25-43(39)53(36)35-20-8-3-9-21-35/h1-31H. The molecule has 11 rings (SSSR count). The lowest BCUT2D eigenvalue weighted by molar-refractivity contribution is 0.955. The van der Waals surface area contributed by atoms with Gasteiger partial charge in [-0.2, -0.15) is 9.97 Å². The Bertz CT molecular complexity index is 3250. The smallest absolute Gasteiger partial charge is 0.238 e. The van der Waals surface area contributed by atoms with Crippen LogP contribution in [0.4, 0.5) is 0 Å². The third-order valence-corrected chi connectivity index (χ3v) is 11.4. The Morgan fingerprint density at radius 2 is 0.982 bits per heavy atom. The van der Waals surface area contributed by atoms with E-state index in [1.807, 2.05) is 36.4 Å². The number of rotatable bonds is 4. The van der Waals surface area contributed by atoms with Gasteiger partial charge in [0.05, 0.1) is 21.3 Å². The molecule has 0 fully saturated rings. The van der Waals surface area contributed by atoms with E-state index in [0.29, 0.717) is 17.6 Å². The molecule has 0 saturated carbocycles. The molecule has 258 valence electrons. The van der Waals surface area contributed by atoms with Crippen LogP contribution in [0.2, 0.25) is 0 Å². The average molecular weight is 722 g/mol. The van der Waals surface area contributed by atoms with Crippen molar-refractivity contribution in [1.29, 1.82) is 0 Å². The maximum atomic E-state index is 5.24. The number of nitrogens with zero attached hydrogens (tertiary/aromatic N) is 5. The number of hydrogen-bond acceptors (Lipinski definition) is 4. The molecule has 6 heteroatoms. The highest BCUT2D eigenvalue weighted by Crippen LogP contribution is 2.39. The second kappa shape index (κ2) is 12.8. The van der Waals surface area contributed by atoms with Gasteiger partial charge in [-0.1, -0.05) is 140 Å². The van der Waals surface area contributed by atoms with E-state index in [4.69, 9.17) is 15.0 Å². The number of hydrogen-bond donors (Lipinski definition) is 0. The van der Waals surface area contributed by atoms with Crippen LogP contribution in [0.1, 0.15) is 0 Å². The molecule has 0 aliphatic carbocycles. The lowest BCUT2D eigenvalue weighted by Crippen LogP contribution is -2.06. The minimum Gasteiger partial charge on any atom is -0.310 e. The topological polar surface area (TPSA) is 48.5 Å². The molecule has 0 spiro atoms. The highest BCUT2D eigenvalue weighted by molar-refractivity contribution is 7.23. The van der Waals surface area contributed by atoms with Crippen LogP contribution in [-0.2, 0) is 0 Å². The van der Waals surface area contributed by atoms with E-state index in [1.54, 1.807) is 11.3 Å². The number of benzene rings is 8. The summed E-state index contributed by atoms with van der Waals surface area (Å²) in [5, 5.41) is 7.06. The average Bonchev–Trinajstić information content (AvgIpc) is 3.59. The fourth-order valence-electron chi connectivity index (χ4n) is 7.94. The maximum absolute atomic E-state index is 5.24. The third kappa shape index (κ3) is 5.26. The van der Waals surface area contributed by atoms with Crippen LogP contribution in [0.3, 0.4) is 0 Å². The van der Waals surface area contributed by atoms with Crippen LogP contribution < -0.4 is 0 Å². The van der Waals surface area contributed by atoms with E-state index >= 15 is 0 Å². The summed E-state index contributed by atoms with van der Waals surface area (Å²) in [6.45, 7) is 0. The predicted molar refractivity (Wildman–Crippen MR) is 230 cm³/mol. The highest BCUT2D eigenvalue weighted by Gasteiger charge is 2.20. The van der Waals surface area contributed by atoms with Gasteiger partial charge in [-0.25, -0.2) is 4.98 Å². The Kier molecular flexibility index (Phi) is 7.28. The molecule has 3 heterocycles. The largest absolute Gasteiger partial charge is 0.310 e. The SMILES string of the molecule is c1ccc(-c2nc(-c3ccccc3)nc(-n3c4ccccc4c4cc5cc(sc6ccc7cccc(c7c6)c6ccccc6n5-c5ccccc5)c43)n2)cc1. The monoisotopic (exact) mass is 721 g/mol. The first kappa shape index (κ1) is 31.4. The summed E-state index contributed by atoms with van der Waals surface area (Å²) in [6.07, 6.45) is 0. The van der Waals surface area contributed by atoms with Gasteiger partial charge in [0.15, 0.2) is 11.6 Å². The summed E-state index contributed by atoms with van der Waals surface area (Å²) in [6, 6.07) is 66.5. The Morgan fingerprint density at radius 3 is 1.67 bits per heavy atom. The Hall–Kier alpha value is -7.15. The molecule has 0 aliphatic rings. The van der Waals surface area contributed by atoms with Crippen molar-refractivity contribution in [2.75, 3.05) is 0 Å². The summed E-state index contributed by atoms with van der Waals surface area (Å²) in [5.74, 6) is 1.82. The fourth-order valence-corrected chi connectivity index (χ4v) is 8.98. The molecule has 5 nitrogen and oxygen atoms in total. The van der Waals surface area contributed by atoms with Crippen molar-refractivity contribution < 1.29 is 0 Å². The van der Waals surface area contributed by atoms with Crippen molar-refractivity contribution in [3.8, 4) is 34.4 Å². The summed E-state index contributed by atoms with van der Waals surface area (Å²) in [7, 11) is 0. The molecule has 0 aliphatic heterocycles. The summed E-state index contributed by atoms with van der Waals surface area (Å²) in [4.78, 5) is 15.5. The van der Waals surface area contributed by atoms with Gasteiger partial charge in [-0.05, 0) is 64.7 Å². The van der Waals surface area contributed by atoms with E-state index in [1.165, 1.54) is 21.5 Å². The van der Waals surface area contributed by atoms with Crippen LogP contribution in [0.15, 0.2) is 188 Å². The molecule has 0 radical (unpaired) electrons. The van der Waals surface area contributed by atoms with Gasteiger partial charge in [-0.3, -0.25) is 4.57 Å². The fraction of sp³-hybridized carbons (Fsp3) is 0. The van der Waals surface area contributed by atoms with Crippen LogP contribution in [0, 0.1) is 0 Å². The molecule has 55 heavy (non-hydrogen) atoms. The number of fused-ring (bicyclic) bond motifs is 9. The van der Waals surface area contributed by atoms with Crippen LogP contribution in [-0.4, -0.2) is 24.1 Å². The van der Waals surface area contributed by atoms with Crippen molar-refractivity contribution in [2.45, 2.75) is 0 Å². The summed E-state index contributed by atoms with van der Waals surface area (Å²) in [5.41, 5.74) is 7.22. The van der Waals surface area contributed by atoms with Crippen molar-refractivity contribution >= 4 is 75.1 Å². The highest BCUT2D eigenvalue weighted by atomic mass is 32.1. The molecule has 0 N–H and O–H groups in total. The van der Waals surface area contributed by atoms with Gasteiger partial charge in [0.1, 0.15) is 0 Å². The molecular formula is C49H31N5S. The van der Waals surface area contributed by atoms with Gasteiger partial charge in [0.25, 0.3) is 0 Å². The molecule has 4 bridgehead atoms. The molecule has 0 atom stereocenters. The van der Waals surface area contributed by atoms with Crippen molar-refractivity contribution in [3.63, 3.8) is 0 Å². The zero-order valence-corrected chi connectivity index (χ0v) is 30.4. The first-order chi connectivity index (χ1) is 27.3. The van der Waals surface area contributed by atoms with Gasteiger partial charge in [0.2, 0.25) is 5.95 Å². The Morgan fingerprint density at radius 1 is 0.400 bits per heavy atom. The molecule has 11 aromatic rings. The first-order valence-electron chi connectivity index (χ1n) is 18.4. The van der Waals surface area contributed by atoms with E-state index < -0.39 is 0 Å². The minimum absolute atomic E-state index is 0.573. The maximum Gasteiger partial charge on any atom is 0.238 e. The zero-order valence-electron chi connectivity index (χ0n) is 29.5. The first-order valence-corrected chi connectivity index (χ1v) is 19.2. The summed E-state index contributed by atoms with van der Waals surface area (Å²) >= 11 is 1.78. The normalized spacial score (nSPS) is 11.6. The van der Waals surface area contributed by atoms with Crippen LogP contribution >= 0.6 is 11.3 Å². The minimum atomic E-state index is 0.573. The molecule has 0 saturated heterocycles.